The fourth-order valence-electron chi connectivity index (χ4n) is 1.71. The topological polar surface area (TPSA) is 70.6 Å². The molecule has 1 heterocycles. The molecule has 1 aliphatic heterocycles. The zero-order valence-corrected chi connectivity index (χ0v) is 11.4. The number of morpholine rings is 1. The predicted molar refractivity (Wildman–Crippen MR) is 70.7 cm³/mol. The molecule has 0 radical (unpaired) electrons. The minimum absolute atomic E-state index is 0.00625. The van der Waals surface area contributed by atoms with E-state index in [1.54, 1.807) is 12.1 Å². The number of carbonyl (C=O) groups excluding carboxylic acids is 1. The van der Waals surface area contributed by atoms with Gasteiger partial charge in [-0.15, -0.1) is 0 Å². The summed E-state index contributed by atoms with van der Waals surface area (Å²) < 4.78 is 6.04. The lowest BCUT2D eigenvalue weighted by atomic mass is 10.2. The van der Waals surface area contributed by atoms with Crippen molar-refractivity contribution in [1.82, 2.24) is 10.6 Å². The van der Waals surface area contributed by atoms with Crippen LogP contribution in [0.4, 0.5) is 0 Å². The van der Waals surface area contributed by atoms with Crippen LogP contribution in [0.5, 0.6) is 5.75 Å². The SMILES string of the molecule is O=C(NCC1CNCCO1)c1ccc(Br)c(O)c1. The van der Waals surface area contributed by atoms with Crippen molar-refractivity contribution in [3.63, 3.8) is 0 Å². The molecule has 1 fully saturated rings. The number of nitrogens with one attached hydrogen (secondary N) is 2. The Morgan fingerprint density at radius 3 is 3.11 bits per heavy atom. The van der Waals surface area contributed by atoms with Crippen LogP contribution in [0, 0.1) is 0 Å². The number of carbonyl (C=O) groups is 1. The van der Waals surface area contributed by atoms with Gasteiger partial charge in [0.2, 0.25) is 0 Å². The maximum Gasteiger partial charge on any atom is 0.251 e. The summed E-state index contributed by atoms with van der Waals surface area (Å²) in [6, 6.07) is 4.72. The highest BCUT2D eigenvalue weighted by molar-refractivity contribution is 9.10. The molecule has 1 aromatic rings. The first-order chi connectivity index (χ1) is 8.66. The third-order valence-corrected chi connectivity index (χ3v) is 3.37. The molecule has 2 rings (SSSR count). The van der Waals surface area contributed by atoms with E-state index in [4.69, 9.17) is 4.74 Å². The van der Waals surface area contributed by atoms with Gasteiger partial charge in [-0.2, -0.15) is 0 Å². The summed E-state index contributed by atoms with van der Waals surface area (Å²) in [5, 5.41) is 15.5. The minimum atomic E-state index is -0.216. The van der Waals surface area contributed by atoms with Crippen LogP contribution in [0.15, 0.2) is 22.7 Å². The minimum Gasteiger partial charge on any atom is -0.507 e. The summed E-state index contributed by atoms with van der Waals surface area (Å²) in [6.07, 6.45) is 0.00625. The molecular weight excluding hydrogens is 300 g/mol. The van der Waals surface area contributed by atoms with E-state index in [-0.39, 0.29) is 17.8 Å². The maximum atomic E-state index is 11.8. The van der Waals surface area contributed by atoms with Gasteiger partial charge in [-0.3, -0.25) is 4.79 Å². The second-order valence-corrected chi connectivity index (χ2v) is 4.93. The predicted octanol–water partition coefficient (Wildman–Crippen LogP) is 0.873. The normalized spacial score (nSPS) is 19.5. The zero-order chi connectivity index (χ0) is 13.0. The van der Waals surface area contributed by atoms with Gasteiger partial charge in [0.25, 0.3) is 5.91 Å². The molecule has 0 bridgehead atoms. The number of benzene rings is 1. The van der Waals surface area contributed by atoms with Crippen molar-refractivity contribution in [3.05, 3.63) is 28.2 Å². The van der Waals surface area contributed by atoms with Crippen LogP contribution in [0.2, 0.25) is 0 Å². The molecule has 6 heteroatoms. The van der Waals surface area contributed by atoms with Crippen LogP contribution < -0.4 is 10.6 Å². The lowest BCUT2D eigenvalue weighted by Gasteiger charge is -2.23. The van der Waals surface area contributed by atoms with Gasteiger partial charge < -0.3 is 20.5 Å². The summed E-state index contributed by atoms with van der Waals surface area (Å²) >= 11 is 3.17. The van der Waals surface area contributed by atoms with E-state index in [9.17, 15) is 9.90 Å². The highest BCUT2D eigenvalue weighted by Gasteiger charge is 2.15. The molecule has 18 heavy (non-hydrogen) atoms. The average molecular weight is 315 g/mol. The summed E-state index contributed by atoms with van der Waals surface area (Å²) in [5.74, 6) is -0.162. The Hall–Kier alpha value is -1.11. The first kappa shape index (κ1) is 13.3. The Kier molecular flexibility index (Phi) is 4.57. The number of hydrogen-bond acceptors (Lipinski definition) is 4. The quantitative estimate of drug-likeness (QED) is 0.774. The largest absolute Gasteiger partial charge is 0.507 e. The standard InChI is InChI=1S/C12H15BrN2O3/c13-10-2-1-8(5-11(10)16)12(17)15-7-9-6-14-3-4-18-9/h1-2,5,9,14,16H,3-4,6-7H2,(H,15,17). The number of hydrogen-bond donors (Lipinski definition) is 3. The number of phenols is 1. The van der Waals surface area contributed by atoms with Crippen LogP contribution in [0.25, 0.3) is 0 Å². The van der Waals surface area contributed by atoms with E-state index in [1.807, 2.05) is 0 Å². The van der Waals surface area contributed by atoms with Gasteiger partial charge in [-0.1, -0.05) is 0 Å². The van der Waals surface area contributed by atoms with Crippen molar-refractivity contribution in [2.75, 3.05) is 26.2 Å². The van der Waals surface area contributed by atoms with Gasteiger partial charge in [0.1, 0.15) is 5.75 Å². The van der Waals surface area contributed by atoms with E-state index < -0.39 is 0 Å². The van der Waals surface area contributed by atoms with Crippen molar-refractivity contribution in [1.29, 1.82) is 0 Å². The zero-order valence-electron chi connectivity index (χ0n) is 9.78. The highest BCUT2D eigenvalue weighted by atomic mass is 79.9. The Bertz CT molecular complexity index is 433. The summed E-state index contributed by atoms with van der Waals surface area (Å²) in [4.78, 5) is 11.8. The van der Waals surface area contributed by atoms with Crippen LogP contribution in [0.1, 0.15) is 10.4 Å². The molecule has 1 saturated heterocycles. The Balaban J connectivity index is 1.88. The molecule has 5 nitrogen and oxygen atoms in total. The Morgan fingerprint density at radius 2 is 2.44 bits per heavy atom. The molecule has 0 spiro atoms. The summed E-state index contributed by atoms with van der Waals surface area (Å²) in [5.41, 5.74) is 0.430. The highest BCUT2D eigenvalue weighted by Crippen LogP contribution is 2.24. The second kappa shape index (κ2) is 6.17. The van der Waals surface area contributed by atoms with Gasteiger partial charge in [-0.05, 0) is 34.1 Å². The number of ether oxygens (including phenoxy) is 1. The number of rotatable bonds is 3. The van der Waals surface area contributed by atoms with Gasteiger partial charge in [0, 0.05) is 25.2 Å². The number of amides is 1. The number of phenolic OH excluding ortho intramolecular Hbond substituents is 1. The average Bonchev–Trinajstić information content (AvgIpc) is 2.40. The van der Waals surface area contributed by atoms with Gasteiger partial charge in [-0.25, -0.2) is 0 Å². The van der Waals surface area contributed by atoms with E-state index in [1.165, 1.54) is 6.07 Å². The van der Waals surface area contributed by atoms with E-state index in [0.717, 1.165) is 13.1 Å². The summed E-state index contributed by atoms with van der Waals surface area (Å²) in [7, 11) is 0. The third kappa shape index (κ3) is 3.44. The van der Waals surface area contributed by atoms with Crippen molar-refractivity contribution >= 4 is 21.8 Å². The Labute approximate surface area is 114 Å². The molecule has 3 N–H and O–H groups in total. The van der Waals surface area contributed by atoms with Crippen molar-refractivity contribution in [2.24, 2.45) is 0 Å². The fraction of sp³-hybridized carbons (Fsp3) is 0.417. The van der Waals surface area contributed by atoms with Crippen LogP contribution in [-0.4, -0.2) is 43.4 Å². The second-order valence-electron chi connectivity index (χ2n) is 4.07. The molecule has 1 aromatic carbocycles. The van der Waals surface area contributed by atoms with E-state index in [0.29, 0.717) is 23.2 Å². The van der Waals surface area contributed by atoms with Gasteiger partial charge in [0.15, 0.2) is 0 Å². The van der Waals surface area contributed by atoms with Crippen LogP contribution in [-0.2, 0) is 4.74 Å². The van der Waals surface area contributed by atoms with E-state index >= 15 is 0 Å². The molecule has 1 atom stereocenters. The molecule has 0 aromatic heterocycles. The lowest BCUT2D eigenvalue weighted by molar-refractivity contribution is 0.0287. The molecule has 98 valence electrons. The molecule has 0 aliphatic carbocycles. The summed E-state index contributed by atoms with van der Waals surface area (Å²) in [6.45, 7) is 2.72. The van der Waals surface area contributed by atoms with Gasteiger partial charge >= 0.3 is 0 Å². The first-order valence-electron chi connectivity index (χ1n) is 5.76. The van der Waals surface area contributed by atoms with Crippen LogP contribution in [0.3, 0.4) is 0 Å². The molecule has 1 unspecified atom stereocenters. The van der Waals surface area contributed by atoms with E-state index in [2.05, 4.69) is 26.6 Å². The van der Waals surface area contributed by atoms with Crippen molar-refractivity contribution < 1.29 is 14.6 Å². The molecular formula is C12H15BrN2O3. The van der Waals surface area contributed by atoms with Crippen LogP contribution >= 0.6 is 15.9 Å². The first-order valence-corrected chi connectivity index (χ1v) is 6.55. The molecule has 1 amide bonds. The van der Waals surface area contributed by atoms with Crippen molar-refractivity contribution in [3.8, 4) is 5.75 Å². The third-order valence-electron chi connectivity index (χ3n) is 2.70. The van der Waals surface area contributed by atoms with Crippen molar-refractivity contribution in [2.45, 2.75) is 6.10 Å². The maximum absolute atomic E-state index is 11.8. The number of halogens is 1. The lowest BCUT2D eigenvalue weighted by Crippen LogP contribution is -2.45. The Morgan fingerprint density at radius 1 is 1.61 bits per heavy atom. The molecule has 0 saturated carbocycles. The fourth-order valence-corrected chi connectivity index (χ4v) is 1.96. The number of aromatic hydroxyl groups is 1. The van der Waals surface area contributed by atoms with Gasteiger partial charge in [0.05, 0.1) is 17.2 Å². The molecule has 1 aliphatic rings. The monoisotopic (exact) mass is 314 g/mol. The smallest absolute Gasteiger partial charge is 0.251 e.